The summed E-state index contributed by atoms with van der Waals surface area (Å²) in [7, 11) is 0. The van der Waals surface area contributed by atoms with Crippen molar-refractivity contribution in [2.24, 2.45) is 0 Å². The van der Waals surface area contributed by atoms with Crippen molar-refractivity contribution >= 4 is 20.2 Å². The molecule has 0 aromatic carbocycles. The van der Waals surface area contributed by atoms with Crippen LogP contribution in [0.15, 0.2) is 12.4 Å². The number of hydrogen-bond acceptors (Lipinski definition) is 2. The zero-order chi connectivity index (χ0) is 6.27. The van der Waals surface area contributed by atoms with E-state index in [-0.39, 0.29) is 0 Å². The predicted molar refractivity (Wildman–Crippen MR) is 33.6 cm³/mol. The standard InChI is InChI=1S/C5H4N2OSe/c9-4-3-7-2-1-6-5(7)8-4/h1-2H,3H2. The van der Waals surface area contributed by atoms with Gasteiger partial charge in [-0.15, -0.1) is 0 Å². The molecule has 4 heteroatoms. The zero-order valence-corrected chi connectivity index (χ0v) is 6.29. The fourth-order valence-corrected chi connectivity index (χ4v) is 1.24. The molecule has 0 amide bonds. The van der Waals surface area contributed by atoms with E-state index in [0.717, 1.165) is 11.1 Å². The first kappa shape index (κ1) is 5.21. The molecule has 1 aliphatic rings. The van der Waals surface area contributed by atoms with Crippen molar-refractivity contribution in [3.05, 3.63) is 12.4 Å². The summed E-state index contributed by atoms with van der Waals surface area (Å²) >= 11 is 2.81. The molecule has 0 radical (unpaired) electrons. The van der Waals surface area contributed by atoms with Gasteiger partial charge in [-0.2, -0.15) is 0 Å². The molecule has 1 aromatic rings. The summed E-state index contributed by atoms with van der Waals surface area (Å²) < 4.78 is 7.98. The van der Waals surface area contributed by atoms with E-state index in [1.165, 1.54) is 0 Å². The van der Waals surface area contributed by atoms with E-state index in [0.29, 0.717) is 6.01 Å². The van der Waals surface area contributed by atoms with Gasteiger partial charge in [0, 0.05) is 0 Å². The van der Waals surface area contributed by atoms with Gasteiger partial charge in [-0.3, -0.25) is 0 Å². The fraction of sp³-hybridized carbons (Fsp3) is 0.200. The normalized spacial score (nSPS) is 15.3. The quantitative estimate of drug-likeness (QED) is 0.515. The summed E-state index contributed by atoms with van der Waals surface area (Å²) in [4.78, 5) is 3.95. The van der Waals surface area contributed by atoms with Gasteiger partial charge >= 0.3 is 59.4 Å². The molecule has 0 unspecified atom stereocenters. The van der Waals surface area contributed by atoms with Gasteiger partial charge in [-0.1, -0.05) is 0 Å². The van der Waals surface area contributed by atoms with Crippen LogP contribution in [0.1, 0.15) is 0 Å². The Hall–Kier alpha value is -0.601. The molecule has 0 atom stereocenters. The monoisotopic (exact) mass is 188 g/mol. The Labute approximate surface area is 60.0 Å². The van der Waals surface area contributed by atoms with Crippen molar-refractivity contribution in [2.75, 3.05) is 0 Å². The van der Waals surface area contributed by atoms with Gasteiger partial charge < -0.3 is 0 Å². The van der Waals surface area contributed by atoms with Gasteiger partial charge in [-0.25, -0.2) is 0 Å². The van der Waals surface area contributed by atoms with Crippen molar-refractivity contribution in [1.82, 2.24) is 9.55 Å². The van der Waals surface area contributed by atoms with Gasteiger partial charge in [0.25, 0.3) is 0 Å². The van der Waals surface area contributed by atoms with Crippen LogP contribution in [-0.4, -0.2) is 29.7 Å². The first-order valence-corrected chi connectivity index (χ1v) is 3.44. The molecule has 0 saturated heterocycles. The number of ether oxygens (including phenoxy) is 1. The van der Waals surface area contributed by atoms with Crippen LogP contribution in [0.5, 0.6) is 6.01 Å². The van der Waals surface area contributed by atoms with Crippen LogP contribution >= 0.6 is 0 Å². The SMILES string of the molecule is [Se]=C1Cn2ccnc2O1. The van der Waals surface area contributed by atoms with Crippen LogP contribution in [0.2, 0.25) is 0 Å². The summed E-state index contributed by atoms with van der Waals surface area (Å²) in [6, 6.07) is 0.684. The van der Waals surface area contributed by atoms with Gasteiger partial charge in [0.15, 0.2) is 0 Å². The average molecular weight is 187 g/mol. The first-order chi connectivity index (χ1) is 4.36. The Morgan fingerprint density at radius 2 is 2.67 bits per heavy atom. The molecular formula is C5H4N2OSe. The van der Waals surface area contributed by atoms with Crippen LogP contribution in [0, 0.1) is 0 Å². The van der Waals surface area contributed by atoms with E-state index in [1.807, 2.05) is 10.8 Å². The van der Waals surface area contributed by atoms with Crippen LogP contribution in [0.25, 0.3) is 0 Å². The first-order valence-electron chi connectivity index (χ1n) is 2.58. The Balaban J connectivity index is 2.49. The number of nitrogens with zero attached hydrogens (tertiary/aromatic N) is 2. The predicted octanol–water partition coefficient (Wildman–Crippen LogP) is -0.426. The molecule has 0 aliphatic carbocycles. The summed E-state index contributed by atoms with van der Waals surface area (Å²) in [5.74, 6) is 0. The molecule has 9 heavy (non-hydrogen) atoms. The molecule has 0 spiro atoms. The third-order valence-electron chi connectivity index (χ3n) is 1.18. The molecule has 0 saturated carbocycles. The Morgan fingerprint density at radius 3 is 3.44 bits per heavy atom. The van der Waals surface area contributed by atoms with Crippen molar-refractivity contribution in [1.29, 1.82) is 0 Å². The van der Waals surface area contributed by atoms with Crippen LogP contribution in [0.4, 0.5) is 0 Å². The molecule has 0 bridgehead atoms. The van der Waals surface area contributed by atoms with Crippen molar-refractivity contribution < 1.29 is 4.74 Å². The van der Waals surface area contributed by atoms with Crippen LogP contribution in [-0.2, 0) is 6.54 Å². The number of hydrogen-bond donors (Lipinski definition) is 0. The van der Waals surface area contributed by atoms with Crippen LogP contribution < -0.4 is 4.74 Å². The minimum atomic E-state index is 0.684. The number of rotatable bonds is 0. The summed E-state index contributed by atoms with van der Waals surface area (Å²) in [6.07, 6.45) is 3.61. The van der Waals surface area contributed by atoms with Crippen molar-refractivity contribution in [2.45, 2.75) is 6.54 Å². The van der Waals surface area contributed by atoms with E-state index in [9.17, 15) is 0 Å². The van der Waals surface area contributed by atoms with E-state index in [4.69, 9.17) is 4.74 Å². The Bertz CT molecular complexity index is 233. The molecule has 2 heterocycles. The fourth-order valence-electron chi connectivity index (χ4n) is 0.794. The molecule has 3 nitrogen and oxygen atoms in total. The average Bonchev–Trinajstić information content (AvgIpc) is 2.22. The zero-order valence-electron chi connectivity index (χ0n) is 4.57. The van der Waals surface area contributed by atoms with Gasteiger partial charge in [-0.05, 0) is 0 Å². The van der Waals surface area contributed by atoms with E-state index >= 15 is 0 Å². The number of fused-ring (bicyclic) bond motifs is 1. The van der Waals surface area contributed by atoms with Gasteiger partial charge in [0.05, 0.1) is 0 Å². The number of aromatic nitrogens is 2. The Morgan fingerprint density at radius 1 is 1.78 bits per heavy atom. The Kier molecular flexibility index (Phi) is 0.976. The molecule has 0 fully saturated rings. The molecule has 1 aliphatic heterocycles. The molecular weight excluding hydrogens is 183 g/mol. The van der Waals surface area contributed by atoms with E-state index in [1.54, 1.807) is 6.20 Å². The van der Waals surface area contributed by atoms with Crippen molar-refractivity contribution in [3.8, 4) is 6.01 Å². The maximum absolute atomic E-state index is 5.16. The third-order valence-corrected chi connectivity index (χ3v) is 1.63. The summed E-state index contributed by atoms with van der Waals surface area (Å²) in [6.45, 7) is 0.801. The molecule has 0 N–H and O–H groups in total. The topological polar surface area (TPSA) is 27.1 Å². The third kappa shape index (κ3) is 0.713. The molecule has 2 rings (SSSR count). The number of imidazole rings is 1. The van der Waals surface area contributed by atoms with Crippen LogP contribution in [0.3, 0.4) is 0 Å². The second-order valence-electron chi connectivity index (χ2n) is 1.81. The maximum atomic E-state index is 5.16. The molecule has 1 aromatic heterocycles. The second kappa shape index (κ2) is 1.69. The van der Waals surface area contributed by atoms with Crippen molar-refractivity contribution in [3.63, 3.8) is 0 Å². The molecule has 46 valence electrons. The van der Waals surface area contributed by atoms with E-state index < -0.39 is 0 Å². The second-order valence-corrected chi connectivity index (χ2v) is 2.77. The van der Waals surface area contributed by atoms with E-state index in [2.05, 4.69) is 20.6 Å². The minimum absolute atomic E-state index is 0.684. The van der Waals surface area contributed by atoms with Gasteiger partial charge in [0.1, 0.15) is 0 Å². The van der Waals surface area contributed by atoms with Gasteiger partial charge in [0.2, 0.25) is 0 Å². The summed E-state index contributed by atoms with van der Waals surface area (Å²) in [5, 5.41) is 0. The summed E-state index contributed by atoms with van der Waals surface area (Å²) in [5.41, 5.74) is 0.